The lowest BCUT2D eigenvalue weighted by atomic mass is 10.2. The van der Waals surface area contributed by atoms with Crippen LogP contribution in [0.15, 0.2) is 53.4 Å². The molecular formula is C17H17N3O2. The summed E-state index contributed by atoms with van der Waals surface area (Å²) in [5, 5.41) is 2.88. The Morgan fingerprint density at radius 3 is 2.73 bits per heavy atom. The Kier molecular flexibility index (Phi) is 3.78. The topological polar surface area (TPSA) is 60.1 Å². The number of pyridine rings is 1. The Labute approximate surface area is 128 Å². The van der Waals surface area contributed by atoms with E-state index in [1.165, 1.54) is 0 Å². The lowest BCUT2D eigenvalue weighted by Crippen LogP contribution is -2.13. The fourth-order valence-corrected chi connectivity index (χ4v) is 2.47. The minimum absolute atomic E-state index is 0.120. The van der Waals surface area contributed by atoms with Crippen LogP contribution in [0.3, 0.4) is 0 Å². The van der Waals surface area contributed by atoms with Crippen molar-refractivity contribution in [3.05, 3.63) is 71.7 Å². The van der Waals surface area contributed by atoms with Crippen molar-refractivity contribution in [3.63, 3.8) is 0 Å². The van der Waals surface area contributed by atoms with Crippen molar-refractivity contribution in [2.75, 3.05) is 5.32 Å². The zero-order valence-electron chi connectivity index (χ0n) is 12.5. The van der Waals surface area contributed by atoms with Gasteiger partial charge in [-0.15, -0.1) is 0 Å². The summed E-state index contributed by atoms with van der Waals surface area (Å²) in [7, 11) is 0. The van der Waals surface area contributed by atoms with Crippen LogP contribution in [-0.2, 0) is 6.54 Å². The number of nitrogens with zero attached hydrogens (tertiary/aromatic N) is 2. The molecule has 1 amide bonds. The normalized spacial score (nSPS) is 10.6. The van der Waals surface area contributed by atoms with Crippen LogP contribution in [0.2, 0.25) is 0 Å². The van der Waals surface area contributed by atoms with Gasteiger partial charge in [-0.05, 0) is 44.2 Å². The van der Waals surface area contributed by atoms with Crippen molar-refractivity contribution in [1.29, 1.82) is 0 Å². The van der Waals surface area contributed by atoms with E-state index in [2.05, 4.69) is 14.9 Å². The number of aromatic nitrogens is 2. The van der Waals surface area contributed by atoms with E-state index in [4.69, 9.17) is 4.42 Å². The third-order valence-electron chi connectivity index (χ3n) is 3.65. The molecule has 0 bridgehead atoms. The van der Waals surface area contributed by atoms with Gasteiger partial charge in [-0.3, -0.25) is 9.78 Å². The van der Waals surface area contributed by atoms with Crippen molar-refractivity contribution in [3.8, 4) is 0 Å². The molecular weight excluding hydrogens is 278 g/mol. The molecule has 3 aromatic rings. The van der Waals surface area contributed by atoms with E-state index in [1.54, 1.807) is 30.8 Å². The summed E-state index contributed by atoms with van der Waals surface area (Å²) < 4.78 is 7.45. The minimum atomic E-state index is -0.120. The van der Waals surface area contributed by atoms with E-state index in [9.17, 15) is 4.79 Å². The molecule has 0 aliphatic heterocycles. The predicted molar refractivity (Wildman–Crippen MR) is 83.9 cm³/mol. The first-order chi connectivity index (χ1) is 10.6. The first-order valence-electron chi connectivity index (χ1n) is 7.05. The van der Waals surface area contributed by atoms with Gasteiger partial charge in [0.25, 0.3) is 5.91 Å². The standard InChI is InChI=1S/C17H17N3O2/c1-12-10-16(17(21)19-14-5-7-18-8-6-14)13(2)20(12)11-15-4-3-9-22-15/h3-10H,11H2,1-2H3,(H,18,19,21). The number of rotatable bonds is 4. The number of furan rings is 1. The van der Waals surface area contributed by atoms with E-state index in [0.717, 1.165) is 22.8 Å². The summed E-state index contributed by atoms with van der Waals surface area (Å²) in [6.45, 7) is 4.55. The maximum Gasteiger partial charge on any atom is 0.257 e. The smallest absolute Gasteiger partial charge is 0.257 e. The molecule has 0 fully saturated rings. The molecule has 3 aromatic heterocycles. The number of hydrogen-bond acceptors (Lipinski definition) is 3. The molecule has 0 atom stereocenters. The monoisotopic (exact) mass is 295 g/mol. The van der Waals surface area contributed by atoms with E-state index < -0.39 is 0 Å². The molecule has 0 aliphatic carbocycles. The van der Waals surface area contributed by atoms with E-state index in [0.29, 0.717) is 12.1 Å². The van der Waals surface area contributed by atoms with E-state index >= 15 is 0 Å². The molecule has 1 N–H and O–H groups in total. The van der Waals surface area contributed by atoms with Crippen LogP contribution in [0, 0.1) is 13.8 Å². The third kappa shape index (κ3) is 2.79. The van der Waals surface area contributed by atoms with Gasteiger partial charge in [-0.25, -0.2) is 0 Å². The second kappa shape index (κ2) is 5.89. The molecule has 112 valence electrons. The van der Waals surface area contributed by atoms with Crippen LogP contribution in [0.4, 0.5) is 5.69 Å². The molecule has 0 aliphatic rings. The number of aryl methyl sites for hydroxylation is 1. The van der Waals surface area contributed by atoms with Gasteiger partial charge in [0.05, 0.1) is 18.4 Å². The summed E-state index contributed by atoms with van der Waals surface area (Å²) in [6.07, 6.45) is 4.95. The molecule has 0 spiro atoms. The predicted octanol–water partition coefficient (Wildman–Crippen LogP) is 3.39. The number of carbonyl (C=O) groups is 1. The van der Waals surface area contributed by atoms with Crippen LogP contribution in [0.1, 0.15) is 27.5 Å². The molecule has 3 heterocycles. The zero-order valence-corrected chi connectivity index (χ0v) is 12.5. The lowest BCUT2D eigenvalue weighted by molar-refractivity contribution is 0.102. The lowest BCUT2D eigenvalue weighted by Gasteiger charge is -2.08. The Balaban J connectivity index is 1.84. The number of hydrogen-bond donors (Lipinski definition) is 1. The van der Waals surface area contributed by atoms with Gasteiger partial charge in [0.15, 0.2) is 0 Å². The highest BCUT2D eigenvalue weighted by Gasteiger charge is 2.16. The van der Waals surface area contributed by atoms with E-state index in [1.807, 2.05) is 32.0 Å². The SMILES string of the molecule is Cc1cc(C(=O)Nc2ccncc2)c(C)n1Cc1ccco1. The maximum atomic E-state index is 12.4. The third-order valence-corrected chi connectivity index (χ3v) is 3.65. The largest absolute Gasteiger partial charge is 0.467 e. The summed E-state index contributed by atoms with van der Waals surface area (Å²) >= 11 is 0. The molecule has 0 aromatic carbocycles. The summed E-state index contributed by atoms with van der Waals surface area (Å²) in [6, 6.07) is 9.21. The van der Waals surface area contributed by atoms with Crippen molar-refractivity contribution in [2.24, 2.45) is 0 Å². The fraction of sp³-hybridized carbons (Fsp3) is 0.176. The first kappa shape index (κ1) is 14.1. The average Bonchev–Trinajstić information content (AvgIpc) is 3.12. The van der Waals surface area contributed by atoms with Crippen LogP contribution in [0.5, 0.6) is 0 Å². The fourth-order valence-electron chi connectivity index (χ4n) is 2.47. The number of amides is 1. The minimum Gasteiger partial charge on any atom is -0.467 e. The maximum absolute atomic E-state index is 12.4. The molecule has 0 unspecified atom stereocenters. The highest BCUT2D eigenvalue weighted by Crippen LogP contribution is 2.19. The Bertz CT molecular complexity index is 774. The van der Waals surface area contributed by atoms with Gasteiger partial charge in [0.1, 0.15) is 5.76 Å². The van der Waals surface area contributed by atoms with Crippen molar-refractivity contribution >= 4 is 11.6 Å². The Morgan fingerprint density at radius 1 is 1.27 bits per heavy atom. The number of carbonyl (C=O) groups excluding carboxylic acids is 1. The molecule has 5 heteroatoms. The Morgan fingerprint density at radius 2 is 2.05 bits per heavy atom. The second-order valence-corrected chi connectivity index (χ2v) is 5.14. The quantitative estimate of drug-likeness (QED) is 0.802. The van der Waals surface area contributed by atoms with Crippen molar-refractivity contribution < 1.29 is 9.21 Å². The van der Waals surface area contributed by atoms with E-state index in [-0.39, 0.29) is 5.91 Å². The molecule has 22 heavy (non-hydrogen) atoms. The van der Waals surface area contributed by atoms with Crippen LogP contribution < -0.4 is 5.32 Å². The molecule has 0 saturated heterocycles. The average molecular weight is 295 g/mol. The van der Waals surface area contributed by atoms with Crippen LogP contribution >= 0.6 is 0 Å². The van der Waals surface area contributed by atoms with Crippen LogP contribution in [0.25, 0.3) is 0 Å². The number of anilines is 1. The van der Waals surface area contributed by atoms with Gasteiger partial charge < -0.3 is 14.3 Å². The van der Waals surface area contributed by atoms with Crippen LogP contribution in [-0.4, -0.2) is 15.5 Å². The van der Waals surface area contributed by atoms with Gasteiger partial charge in [-0.1, -0.05) is 0 Å². The van der Waals surface area contributed by atoms with Gasteiger partial charge in [-0.2, -0.15) is 0 Å². The Hall–Kier alpha value is -2.82. The van der Waals surface area contributed by atoms with Crippen molar-refractivity contribution in [1.82, 2.24) is 9.55 Å². The van der Waals surface area contributed by atoms with Gasteiger partial charge >= 0.3 is 0 Å². The highest BCUT2D eigenvalue weighted by molar-refractivity contribution is 6.05. The van der Waals surface area contributed by atoms with Crippen molar-refractivity contribution in [2.45, 2.75) is 20.4 Å². The molecule has 3 rings (SSSR count). The van der Waals surface area contributed by atoms with Gasteiger partial charge in [0, 0.05) is 29.5 Å². The molecule has 0 radical (unpaired) electrons. The zero-order chi connectivity index (χ0) is 15.5. The summed E-state index contributed by atoms with van der Waals surface area (Å²) in [5.41, 5.74) is 3.34. The first-order valence-corrected chi connectivity index (χ1v) is 7.05. The molecule has 5 nitrogen and oxygen atoms in total. The summed E-state index contributed by atoms with van der Waals surface area (Å²) in [4.78, 5) is 16.4. The van der Waals surface area contributed by atoms with Gasteiger partial charge in [0.2, 0.25) is 0 Å². The highest BCUT2D eigenvalue weighted by atomic mass is 16.3. The summed E-state index contributed by atoms with van der Waals surface area (Å²) in [5.74, 6) is 0.743. The number of nitrogens with one attached hydrogen (secondary N) is 1. The molecule has 0 saturated carbocycles. The second-order valence-electron chi connectivity index (χ2n) is 5.14.